The summed E-state index contributed by atoms with van der Waals surface area (Å²) in [5, 5.41) is 11.7. The summed E-state index contributed by atoms with van der Waals surface area (Å²) in [6, 6.07) is 8.73. The zero-order valence-corrected chi connectivity index (χ0v) is 10.0. The Morgan fingerprint density at radius 3 is 2.56 bits per heavy atom. The highest BCUT2D eigenvalue weighted by Gasteiger charge is 2.17. The molecule has 0 aliphatic rings. The molecule has 0 aliphatic carbocycles. The van der Waals surface area contributed by atoms with Crippen molar-refractivity contribution in [2.45, 2.75) is 0 Å². The fourth-order valence-electron chi connectivity index (χ4n) is 1.44. The molecule has 5 heteroatoms. The molecule has 1 aromatic carbocycles. The molecule has 0 atom stereocenters. The van der Waals surface area contributed by atoms with Crippen LogP contribution in [0.15, 0.2) is 43.0 Å². The summed E-state index contributed by atoms with van der Waals surface area (Å²) in [5.41, 5.74) is 0.574. The van der Waals surface area contributed by atoms with Gasteiger partial charge < -0.3 is 15.3 Å². The smallest absolute Gasteiger partial charge is 0.323 e. The molecule has 18 heavy (non-hydrogen) atoms. The topological polar surface area (TPSA) is 69.6 Å². The summed E-state index contributed by atoms with van der Waals surface area (Å²) in [4.78, 5) is 23.9. The summed E-state index contributed by atoms with van der Waals surface area (Å²) in [7, 11) is 0. The Bertz CT molecular complexity index is 418. The van der Waals surface area contributed by atoms with Crippen molar-refractivity contribution in [3.63, 3.8) is 0 Å². The van der Waals surface area contributed by atoms with E-state index in [1.807, 2.05) is 6.07 Å². The maximum atomic E-state index is 11.9. The highest BCUT2D eigenvalue weighted by Crippen LogP contribution is 2.12. The van der Waals surface area contributed by atoms with Crippen molar-refractivity contribution in [1.29, 1.82) is 0 Å². The molecule has 0 heterocycles. The molecule has 1 aromatic rings. The van der Waals surface area contributed by atoms with Gasteiger partial charge in [-0.2, -0.15) is 0 Å². The average Bonchev–Trinajstić information content (AvgIpc) is 2.37. The van der Waals surface area contributed by atoms with E-state index in [-0.39, 0.29) is 19.0 Å². The monoisotopic (exact) mass is 248 g/mol. The van der Waals surface area contributed by atoms with Gasteiger partial charge in [-0.25, -0.2) is 0 Å². The quantitative estimate of drug-likeness (QED) is 0.555. The lowest BCUT2D eigenvalue weighted by molar-refractivity contribution is -0.136. The van der Waals surface area contributed by atoms with Crippen molar-refractivity contribution in [1.82, 2.24) is 5.32 Å². The van der Waals surface area contributed by atoms with E-state index >= 15 is 0 Å². The number of hydrogen-bond acceptors (Lipinski definition) is 3. The van der Waals surface area contributed by atoms with Gasteiger partial charge in [0, 0.05) is 12.2 Å². The minimum Gasteiger partial charge on any atom is -0.480 e. The van der Waals surface area contributed by atoms with Crippen molar-refractivity contribution in [2.75, 3.05) is 24.5 Å². The first-order valence-electron chi connectivity index (χ1n) is 5.54. The molecule has 0 spiro atoms. The normalized spacial score (nSPS) is 9.78. The zero-order valence-electron chi connectivity index (χ0n) is 10.0. The molecule has 0 aliphatic heterocycles. The van der Waals surface area contributed by atoms with Crippen LogP contribution in [0.3, 0.4) is 0 Å². The lowest BCUT2D eigenvalue weighted by Gasteiger charge is -2.20. The van der Waals surface area contributed by atoms with Gasteiger partial charge in [-0.15, -0.1) is 6.58 Å². The SMILES string of the molecule is C=CCNCC(=O)N(CC(=O)O)c1ccccc1. The second kappa shape index (κ2) is 7.24. The van der Waals surface area contributed by atoms with Crippen LogP contribution in [0, 0.1) is 0 Å². The molecule has 0 unspecified atom stereocenters. The van der Waals surface area contributed by atoms with E-state index in [2.05, 4.69) is 11.9 Å². The Kier molecular flexibility index (Phi) is 5.60. The third-order valence-corrected chi connectivity index (χ3v) is 2.23. The highest BCUT2D eigenvalue weighted by molar-refractivity contribution is 5.98. The van der Waals surface area contributed by atoms with Gasteiger partial charge in [-0.3, -0.25) is 9.59 Å². The minimum absolute atomic E-state index is 0.0776. The van der Waals surface area contributed by atoms with Crippen LogP contribution in [-0.4, -0.2) is 36.6 Å². The fourth-order valence-corrected chi connectivity index (χ4v) is 1.44. The summed E-state index contributed by atoms with van der Waals surface area (Å²) in [6.45, 7) is 3.76. The number of benzene rings is 1. The number of rotatable bonds is 7. The number of carbonyl (C=O) groups excluding carboxylic acids is 1. The average molecular weight is 248 g/mol. The number of para-hydroxylation sites is 1. The molecule has 0 aromatic heterocycles. The van der Waals surface area contributed by atoms with E-state index in [9.17, 15) is 9.59 Å². The first-order valence-corrected chi connectivity index (χ1v) is 5.54. The predicted octanol–water partition coefficient (Wildman–Crippen LogP) is 0.880. The number of carboxylic acid groups (broad SMARTS) is 1. The Morgan fingerprint density at radius 2 is 2.00 bits per heavy atom. The zero-order chi connectivity index (χ0) is 13.4. The number of carbonyl (C=O) groups is 2. The molecule has 2 N–H and O–H groups in total. The van der Waals surface area contributed by atoms with Crippen LogP contribution in [0.25, 0.3) is 0 Å². The molecule has 96 valence electrons. The summed E-state index contributed by atoms with van der Waals surface area (Å²) in [5.74, 6) is -1.33. The van der Waals surface area contributed by atoms with Gasteiger partial charge in [0.15, 0.2) is 0 Å². The van der Waals surface area contributed by atoms with Gasteiger partial charge in [-0.1, -0.05) is 24.3 Å². The number of amides is 1. The lowest BCUT2D eigenvalue weighted by atomic mass is 10.2. The van der Waals surface area contributed by atoms with E-state index in [0.717, 1.165) is 0 Å². The Labute approximate surface area is 106 Å². The first-order chi connectivity index (χ1) is 8.65. The molecule has 0 radical (unpaired) electrons. The summed E-state index contributed by atoms with van der Waals surface area (Å²) < 4.78 is 0. The number of nitrogens with zero attached hydrogens (tertiary/aromatic N) is 1. The molecular formula is C13H16N2O3. The van der Waals surface area contributed by atoms with Crippen molar-refractivity contribution in [3.05, 3.63) is 43.0 Å². The van der Waals surface area contributed by atoms with Crippen LogP contribution in [0.1, 0.15) is 0 Å². The third kappa shape index (κ3) is 4.39. The van der Waals surface area contributed by atoms with Crippen molar-refractivity contribution in [3.8, 4) is 0 Å². The molecule has 1 amide bonds. The Balaban J connectivity index is 2.75. The maximum Gasteiger partial charge on any atom is 0.323 e. The van der Waals surface area contributed by atoms with E-state index in [1.165, 1.54) is 4.90 Å². The van der Waals surface area contributed by atoms with Gasteiger partial charge in [-0.05, 0) is 12.1 Å². The standard InChI is InChI=1S/C13H16N2O3/c1-2-8-14-9-12(16)15(10-13(17)18)11-6-4-3-5-7-11/h2-7,14H,1,8-10H2,(H,17,18). The first kappa shape index (κ1) is 13.9. The van der Waals surface area contributed by atoms with Gasteiger partial charge >= 0.3 is 5.97 Å². The van der Waals surface area contributed by atoms with Crippen LogP contribution in [0.2, 0.25) is 0 Å². The van der Waals surface area contributed by atoms with E-state index in [0.29, 0.717) is 12.2 Å². The highest BCUT2D eigenvalue weighted by atomic mass is 16.4. The second-order valence-electron chi connectivity index (χ2n) is 3.63. The van der Waals surface area contributed by atoms with E-state index in [4.69, 9.17) is 5.11 Å². The number of nitrogens with one attached hydrogen (secondary N) is 1. The van der Waals surface area contributed by atoms with Crippen molar-refractivity contribution < 1.29 is 14.7 Å². The van der Waals surface area contributed by atoms with Gasteiger partial charge in [0.25, 0.3) is 0 Å². The third-order valence-electron chi connectivity index (χ3n) is 2.23. The number of carboxylic acids is 1. The van der Waals surface area contributed by atoms with Crippen molar-refractivity contribution >= 4 is 17.6 Å². The predicted molar refractivity (Wildman–Crippen MR) is 69.5 cm³/mol. The largest absolute Gasteiger partial charge is 0.480 e. The Morgan fingerprint density at radius 1 is 1.33 bits per heavy atom. The van der Waals surface area contributed by atoms with Crippen LogP contribution in [-0.2, 0) is 9.59 Å². The molecule has 0 saturated carbocycles. The number of hydrogen-bond donors (Lipinski definition) is 2. The number of anilines is 1. The van der Waals surface area contributed by atoms with Gasteiger partial charge in [0.1, 0.15) is 6.54 Å². The van der Waals surface area contributed by atoms with Crippen molar-refractivity contribution in [2.24, 2.45) is 0 Å². The summed E-state index contributed by atoms with van der Waals surface area (Å²) in [6.07, 6.45) is 1.64. The number of aliphatic carboxylic acids is 1. The molecule has 1 rings (SSSR count). The minimum atomic E-state index is -1.05. The molecular weight excluding hydrogens is 232 g/mol. The Hall–Kier alpha value is -2.14. The van der Waals surface area contributed by atoms with Crippen LogP contribution < -0.4 is 10.2 Å². The molecule has 0 saturated heterocycles. The maximum absolute atomic E-state index is 11.9. The van der Waals surface area contributed by atoms with E-state index in [1.54, 1.807) is 30.3 Å². The van der Waals surface area contributed by atoms with E-state index < -0.39 is 5.97 Å². The molecule has 5 nitrogen and oxygen atoms in total. The van der Waals surface area contributed by atoms with Gasteiger partial charge in [0.05, 0.1) is 6.54 Å². The second-order valence-corrected chi connectivity index (χ2v) is 3.63. The molecule has 0 fully saturated rings. The fraction of sp³-hybridized carbons (Fsp3) is 0.231. The van der Waals surface area contributed by atoms with Crippen LogP contribution >= 0.6 is 0 Å². The summed E-state index contributed by atoms with van der Waals surface area (Å²) >= 11 is 0. The lowest BCUT2D eigenvalue weighted by Crippen LogP contribution is -2.41. The van der Waals surface area contributed by atoms with Gasteiger partial charge in [0.2, 0.25) is 5.91 Å². The van der Waals surface area contributed by atoms with Crippen LogP contribution in [0.5, 0.6) is 0 Å². The molecule has 0 bridgehead atoms. The van der Waals surface area contributed by atoms with Crippen LogP contribution in [0.4, 0.5) is 5.69 Å².